The molecule has 11 rings (SSSR count). The smallest absolute Gasteiger partial charge is 1.00 e. The molecule has 2 aliphatic carbocycles. The summed E-state index contributed by atoms with van der Waals surface area (Å²) < 4.78 is 86.9. The van der Waals surface area contributed by atoms with Crippen molar-refractivity contribution >= 4 is 10.1 Å². The standard InChI is InChI=1S/C33H41NO4.C27H29NO3.C13H20O4S.CH3F.CH4.Na.H/c1-31(2,3)36-22-21-35-28-23-27(29-30(28)38-32(4,5)37-29)34-33(24-15-9-6-10-16-24,25-17-11-7-12-18-25)26-19-13-8-14-20-26;1-26(2)30-24-22(18-23(29)25(24)31-26)28-27(19-12-6-3-7-13-19,20-14-8-4-9-15-20)21-16-10-5-11-17-21;1-11-5-7-12(8-6-11)18(14,15)17-10-9-16-13(2,3)4;1-2;;;/h6-20,27-30,34H,21-23H2,1-5H3;3-17,22-25,28-29H,18H2,1-2H3;5-8H,9-10H2,1-4H3;1H3;1H4;;/q;;;;;+1;-1/t27-,28+,29+,30-;22-,23+,24+,25-;;;;;/m11...../s1/i;;;1D;;;. The minimum Gasteiger partial charge on any atom is -1.00 e. The Morgan fingerprint density at radius 1 is 0.516 bits per heavy atom. The van der Waals surface area contributed by atoms with Gasteiger partial charge in [-0.25, -0.2) is 0 Å². The molecule has 0 spiro atoms. The van der Waals surface area contributed by atoms with E-state index in [2.05, 4.69) is 195 Å². The van der Waals surface area contributed by atoms with E-state index < -0.39 is 46.0 Å². The number of benzene rings is 7. The summed E-state index contributed by atoms with van der Waals surface area (Å²) in [6.07, 6.45) is -0.166. The Hall–Kier alpha value is -5.02. The fourth-order valence-corrected chi connectivity index (χ4v) is 13.2. The largest absolute Gasteiger partial charge is 1.00 e. The molecule has 4 aliphatic rings. The van der Waals surface area contributed by atoms with Crippen molar-refractivity contribution in [2.75, 3.05) is 33.6 Å². The molecule has 3 N–H and O–H groups in total. The Morgan fingerprint density at radius 3 is 1.18 bits per heavy atom. The number of hydrogen-bond donors (Lipinski definition) is 3. The van der Waals surface area contributed by atoms with Crippen LogP contribution in [0.1, 0.15) is 131 Å². The number of hydrogen-bond acceptors (Lipinski definition) is 13. The number of alkyl halides is 1. The zero-order valence-corrected chi connectivity index (χ0v) is 57.3. The van der Waals surface area contributed by atoms with Crippen LogP contribution >= 0.6 is 0 Å². The van der Waals surface area contributed by atoms with Crippen molar-refractivity contribution in [1.29, 1.82) is 0 Å². The monoisotopic (exact) mass is 1280 g/mol. The van der Waals surface area contributed by atoms with Crippen LogP contribution < -0.4 is 40.2 Å². The fraction of sp³-hybridized carbons (Fsp3) is 0.440. The maximum absolute atomic E-state index is 11.8. The van der Waals surface area contributed by atoms with Crippen molar-refractivity contribution < 1.29 is 87.6 Å². The Balaban J connectivity index is 0.000000257. The third-order valence-electron chi connectivity index (χ3n) is 16.0. The molecular formula is C75H98FN2NaO11S. The minimum absolute atomic E-state index is 0. The van der Waals surface area contributed by atoms with E-state index in [0.717, 1.165) is 28.7 Å². The average molecular weight is 1280 g/mol. The van der Waals surface area contributed by atoms with Crippen LogP contribution in [0, 0.1) is 6.92 Å². The first-order valence-electron chi connectivity index (χ1n) is 31.5. The van der Waals surface area contributed by atoms with Crippen molar-refractivity contribution in [3.63, 3.8) is 0 Å². The van der Waals surface area contributed by atoms with E-state index in [1.165, 1.54) is 28.8 Å². The molecule has 488 valence electrons. The molecule has 0 unspecified atom stereocenters. The number of rotatable bonds is 19. The van der Waals surface area contributed by atoms with Gasteiger partial charge >= 0.3 is 29.6 Å². The molecule has 0 aromatic heterocycles. The molecule has 2 saturated heterocycles. The molecule has 13 nitrogen and oxygen atoms in total. The van der Waals surface area contributed by atoms with Crippen molar-refractivity contribution in [1.82, 2.24) is 10.6 Å². The predicted molar refractivity (Wildman–Crippen MR) is 355 cm³/mol. The maximum Gasteiger partial charge on any atom is 1.00 e. The number of fused-ring (bicyclic) bond motifs is 2. The summed E-state index contributed by atoms with van der Waals surface area (Å²) in [5.41, 5.74) is 6.29. The molecule has 0 bridgehead atoms. The second-order valence-electron chi connectivity index (χ2n) is 25.8. The summed E-state index contributed by atoms with van der Waals surface area (Å²) in [7, 11) is -4.67. The first-order valence-corrected chi connectivity index (χ1v) is 32.2. The van der Waals surface area contributed by atoms with Crippen LogP contribution in [-0.4, -0.2) is 119 Å². The molecule has 0 amide bonds. The zero-order chi connectivity index (χ0) is 64.8. The van der Waals surface area contributed by atoms with E-state index in [4.69, 9.17) is 38.7 Å². The van der Waals surface area contributed by atoms with Gasteiger partial charge in [0.2, 0.25) is 0 Å². The zero-order valence-electron chi connectivity index (χ0n) is 56.5. The SMILES string of the molecule is C.CC(C)(C)OCCO[C@H]1C[C@@H](NC(c2ccccc2)(c2ccccc2)c2ccccc2)[C@@H]2OC(C)(C)O[C@@H]21.CC1(C)O[C@@H]2[C@H](O1)[C@@H](O)C[C@H]2NC(c1ccccc1)(c1ccccc1)c1ccccc1.Cc1ccc(S(=O)(=O)OCCOC(C)(C)C)cc1.[2H]CF.[H-].[Na+]. The molecular weight excluding hydrogens is 1180 g/mol. The Kier molecular flexibility index (Phi) is 26.5. The summed E-state index contributed by atoms with van der Waals surface area (Å²) in [6.45, 7) is 22.9. The summed E-state index contributed by atoms with van der Waals surface area (Å²) >= 11 is 0. The number of ether oxygens (including phenoxy) is 7. The Labute approximate surface area is 567 Å². The summed E-state index contributed by atoms with van der Waals surface area (Å²) in [5.74, 6) is -1.38. The number of aliphatic hydroxyl groups is 1. The maximum atomic E-state index is 11.8. The van der Waals surface area contributed by atoms with Crippen LogP contribution in [-0.2, 0) is 58.5 Å². The normalized spacial score (nSPS) is 22.4. The second kappa shape index (κ2) is 32.9. The Bertz CT molecular complexity index is 3180. The molecule has 2 saturated carbocycles. The van der Waals surface area contributed by atoms with Gasteiger partial charge in [-0.1, -0.05) is 207 Å². The van der Waals surface area contributed by atoms with E-state index in [1.54, 1.807) is 12.1 Å². The quantitative estimate of drug-likeness (QED) is 0.0305. The van der Waals surface area contributed by atoms with Gasteiger partial charge in [-0.2, -0.15) is 8.42 Å². The average Bonchev–Trinajstić information content (AvgIpc) is 1.74. The molecule has 8 atom stereocenters. The molecule has 2 heterocycles. The van der Waals surface area contributed by atoms with Gasteiger partial charge in [0, 0.05) is 12.1 Å². The van der Waals surface area contributed by atoms with Gasteiger partial charge in [-0.15, -0.1) is 0 Å². The number of halogens is 1. The van der Waals surface area contributed by atoms with E-state index in [9.17, 15) is 17.9 Å². The fourth-order valence-electron chi connectivity index (χ4n) is 12.3. The van der Waals surface area contributed by atoms with Crippen LogP contribution in [0.5, 0.6) is 0 Å². The molecule has 16 heteroatoms. The van der Waals surface area contributed by atoms with Crippen LogP contribution in [0.4, 0.5) is 4.39 Å². The molecule has 2 aliphatic heterocycles. The van der Waals surface area contributed by atoms with Crippen molar-refractivity contribution in [3.8, 4) is 0 Å². The van der Waals surface area contributed by atoms with E-state index in [1.807, 2.05) is 73.6 Å². The number of nitrogens with one attached hydrogen (secondary N) is 2. The van der Waals surface area contributed by atoms with E-state index >= 15 is 0 Å². The van der Waals surface area contributed by atoms with Crippen molar-refractivity contribution in [2.45, 2.75) is 184 Å². The second-order valence-corrected chi connectivity index (χ2v) is 27.4. The van der Waals surface area contributed by atoms with Crippen LogP contribution in [0.25, 0.3) is 0 Å². The third kappa shape index (κ3) is 19.3. The summed E-state index contributed by atoms with van der Waals surface area (Å²) in [4.78, 5) is 0.170. The first kappa shape index (κ1) is 73.4. The third-order valence-corrected chi connectivity index (χ3v) is 17.3. The molecule has 7 aromatic carbocycles. The summed E-state index contributed by atoms with van der Waals surface area (Å²) in [6, 6.07) is 70.0. The van der Waals surface area contributed by atoms with E-state index in [0.29, 0.717) is 19.6 Å². The van der Waals surface area contributed by atoms with Gasteiger partial charge in [-0.05, 0) is 135 Å². The predicted octanol–water partition coefficient (Wildman–Crippen LogP) is 11.1. The molecule has 4 fully saturated rings. The molecule has 0 radical (unpaired) electrons. The first-order chi connectivity index (χ1) is 42.8. The molecule has 91 heavy (non-hydrogen) atoms. The van der Waals surface area contributed by atoms with Gasteiger partial charge in [0.05, 0.1) is 74.3 Å². The van der Waals surface area contributed by atoms with Gasteiger partial charge < -0.3 is 39.7 Å². The van der Waals surface area contributed by atoms with Gasteiger partial charge in [0.1, 0.15) is 24.4 Å². The van der Waals surface area contributed by atoms with Crippen molar-refractivity contribution in [3.05, 3.63) is 245 Å². The van der Waals surface area contributed by atoms with Crippen LogP contribution in [0.2, 0.25) is 0 Å². The topological polar surface area (TPSA) is 152 Å². The van der Waals surface area contributed by atoms with Gasteiger partial charge in [0.25, 0.3) is 10.1 Å². The van der Waals surface area contributed by atoms with Crippen LogP contribution in [0.15, 0.2) is 211 Å². The van der Waals surface area contributed by atoms with Crippen LogP contribution in [0.3, 0.4) is 0 Å². The Morgan fingerprint density at radius 2 is 0.824 bits per heavy atom. The van der Waals surface area contributed by atoms with E-state index in [-0.39, 0.29) is 110 Å². The van der Waals surface area contributed by atoms with Crippen molar-refractivity contribution in [2.24, 2.45) is 0 Å². The molecule has 7 aromatic rings. The summed E-state index contributed by atoms with van der Waals surface area (Å²) in [5, 5.41) is 18.8. The van der Waals surface area contributed by atoms with Gasteiger partial charge in [0.15, 0.2) is 11.6 Å². The van der Waals surface area contributed by atoms with Gasteiger partial charge in [-0.3, -0.25) is 19.2 Å². The number of aliphatic hydroxyl groups excluding tert-OH is 1. The minimum atomic E-state index is -3.67. The number of aryl methyl sites for hydroxylation is 1.